The molecule has 0 aromatic carbocycles. The van der Waals surface area contributed by atoms with E-state index in [-0.39, 0.29) is 18.9 Å². The molecular weight excluding hydrogens is 1190 g/mol. The highest BCUT2D eigenvalue weighted by Gasteiger charge is 2.53. The van der Waals surface area contributed by atoms with Crippen LogP contribution in [0.2, 0.25) is 0 Å². The van der Waals surface area contributed by atoms with Gasteiger partial charge in [-0.1, -0.05) is 295 Å². The molecule has 3 aliphatic heterocycles. The van der Waals surface area contributed by atoms with Gasteiger partial charge in [0.05, 0.1) is 38.6 Å². The van der Waals surface area contributed by atoms with Gasteiger partial charge in [-0.15, -0.1) is 0 Å². The number of allylic oxidation sites excluding steroid dienone is 3. The molecular formula is C74H139NO18. The van der Waals surface area contributed by atoms with E-state index in [4.69, 9.17) is 28.4 Å². The summed E-state index contributed by atoms with van der Waals surface area (Å²) in [6.45, 7) is 1.77. The molecule has 3 heterocycles. The minimum Gasteiger partial charge on any atom is -0.394 e. The van der Waals surface area contributed by atoms with Crippen molar-refractivity contribution in [3.05, 3.63) is 24.3 Å². The van der Waals surface area contributed by atoms with E-state index in [0.29, 0.717) is 12.8 Å². The van der Waals surface area contributed by atoms with Gasteiger partial charge in [0.1, 0.15) is 73.2 Å². The van der Waals surface area contributed by atoms with Gasteiger partial charge in [0, 0.05) is 6.42 Å². The Morgan fingerprint density at radius 1 is 0.376 bits per heavy atom. The lowest BCUT2D eigenvalue weighted by Crippen LogP contribution is -2.66. The van der Waals surface area contributed by atoms with Gasteiger partial charge in [0.15, 0.2) is 18.9 Å². The first-order chi connectivity index (χ1) is 45.3. The maximum Gasteiger partial charge on any atom is 0.220 e. The van der Waals surface area contributed by atoms with Crippen LogP contribution < -0.4 is 5.32 Å². The number of aliphatic hydroxyl groups is 11. The molecule has 17 unspecified atom stereocenters. The van der Waals surface area contributed by atoms with Crippen LogP contribution in [-0.4, -0.2) is 193 Å². The van der Waals surface area contributed by atoms with E-state index in [2.05, 4.69) is 31.3 Å². The molecule has 3 saturated heterocycles. The highest BCUT2D eigenvalue weighted by atomic mass is 16.8. The average Bonchev–Trinajstić information content (AvgIpc) is 1.01. The molecule has 548 valence electrons. The number of nitrogens with one attached hydrogen (secondary N) is 1. The zero-order valence-corrected chi connectivity index (χ0v) is 58.3. The molecule has 0 aliphatic carbocycles. The molecule has 19 heteroatoms. The van der Waals surface area contributed by atoms with E-state index in [0.717, 1.165) is 38.5 Å². The average molecular weight is 1330 g/mol. The lowest BCUT2D eigenvalue weighted by atomic mass is 9.96. The summed E-state index contributed by atoms with van der Waals surface area (Å²) in [7, 11) is 0. The molecule has 0 bridgehead atoms. The van der Waals surface area contributed by atoms with E-state index in [1.807, 2.05) is 6.08 Å². The van der Waals surface area contributed by atoms with E-state index >= 15 is 0 Å². The van der Waals surface area contributed by atoms with Crippen molar-refractivity contribution in [2.24, 2.45) is 0 Å². The third-order valence-electron chi connectivity index (χ3n) is 19.3. The largest absolute Gasteiger partial charge is 0.394 e. The first-order valence-electron chi connectivity index (χ1n) is 38.1. The number of carbonyl (C=O) groups excluding carboxylic acids is 1. The normalized spacial score (nSPS) is 27.6. The van der Waals surface area contributed by atoms with Crippen LogP contribution in [0.5, 0.6) is 0 Å². The number of carbonyl (C=O) groups is 1. The number of amides is 1. The minimum absolute atomic E-state index is 0.241. The molecule has 3 fully saturated rings. The highest BCUT2D eigenvalue weighted by molar-refractivity contribution is 5.76. The van der Waals surface area contributed by atoms with Crippen molar-refractivity contribution in [2.45, 2.75) is 413 Å². The summed E-state index contributed by atoms with van der Waals surface area (Å²) in [5, 5.41) is 121. The van der Waals surface area contributed by atoms with Gasteiger partial charge in [-0.25, -0.2) is 0 Å². The van der Waals surface area contributed by atoms with Crippen molar-refractivity contribution in [3.63, 3.8) is 0 Å². The van der Waals surface area contributed by atoms with Gasteiger partial charge in [0.25, 0.3) is 0 Å². The van der Waals surface area contributed by atoms with Crippen molar-refractivity contribution in [2.75, 3.05) is 26.4 Å². The predicted molar refractivity (Wildman–Crippen MR) is 365 cm³/mol. The zero-order valence-electron chi connectivity index (χ0n) is 58.3. The van der Waals surface area contributed by atoms with Gasteiger partial charge >= 0.3 is 0 Å². The molecule has 19 nitrogen and oxygen atoms in total. The van der Waals surface area contributed by atoms with Gasteiger partial charge in [-0.2, -0.15) is 0 Å². The SMILES string of the molecule is CCCCCCCCCCCCCCCCCCCCCCCC/C=C/CC/C=C/C(O)C(COC1OC(CO)C(OC2OC(CO)C(OC3OC(CO)C(O)C(O)C3O)C(O)C2O)C(O)C1O)NC(=O)CCCCCCCCCCCCCCCCCCCCCC. The number of hydrogen-bond acceptors (Lipinski definition) is 18. The Hall–Kier alpha value is -1.73. The molecule has 17 atom stereocenters. The van der Waals surface area contributed by atoms with Crippen LogP contribution in [0.25, 0.3) is 0 Å². The molecule has 3 aliphatic rings. The van der Waals surface area contributed by atoms with Crippen LogP contribution in [0, 0.1) is 0 Å². The standard InChI is InChI=1S/C74H139NO18/c1-3-5-7-9-11-13-15-17-19-21-23-25-26-27-28-29-30-31-32-33-35-37-39-41-43-45-47-49-51-58(79)57(75-62(80)52-50-48-46-44-42-40-38-36-34-24-22-20-18-16-14-12-10-8-6-4-2)56-88-72-68(86)65(83)70(60(54-77)90-72)93-74-69(87)66(84)71(61(55-78)91-74)92-73-67(85)64(82)63(81)59(53-76)89-73/h41,43,49,51,57-61,63-74,76-79,81-87H,3-40,42,44-48,50,52-56H2,1-2H3,(H,75,80)/b43-41+,51-49+. The fourth-order valence-corrected chi connectivity index (χ4v) is 13.1. The monoisotopic (exact) mass is 1330 g/mol. The smallest absolute Gasteiger partial charge is 0.220 e. The maximum atomic E-state index is 13.4. The first kappa shape index (κ1) is 85.5. The number of ether oxygens (including phenoxy) is 6. The molecule has 0 aromatic rings. The summed E-state index contributed by atoms with van der Waals surface area (Å²) in [5.74, 6) is -0.279. The van der Waals surface area contributed by atoms with Crippen LogP contribution in [0.1, 0.15) is 309 Å². The van der Waals surface area contributed by atoms with Crippen molar-refractivity contribution in [1.82, 2.24) is 5.32 Å². The highest BCUT2D eigenvalue weighted by Crippen LogP contribution is 2.33. The summed E-state index contributed by atoms with van der Waals surface area (Å²) < 4.78 is 34.4. The van der Waals surface area contributed by atoms with Crippen LogP contribution in [0.3, 0.4) is 0 Å². The van der Waals surface area contributed by atoms with Crippen molar-refractivity contribution >= 4 is 5.91 Å². The molecule has 0 aromatic heterocycles. The fourth-order valence-electron chi connectivity index (χ4n) is 13.1. The Morgan fingerprint density at radius 3 is 1.08 bits per heavy atom. The number of hydrogen-bond donors (Lipinski definition) is 12. The Morgan fingerprint density at radius 2 is 0.688 bits per heavy atom. The van der Waals surface area contributed by atoms with Crippen molar-refractivity contribution in [3.8, 4) is 0 Å². The molecule has 0 saturated carbocycles. The summed E-state index contributed by atoms with van der Waals surface area (Å²) >= 11 is 0. The lowest BCUT2D eigenvalue weighted by Gasteiger charge is -2.48. The molecule has 93 heavy (non-hydrogen) atoms. The van der Waals surface area contributed by atoms with E-state index in [9.17, 15) is 61.0 Å². The number of aliphatic hydroxyl groups excluding tert-OH is 11. The number of rotatable bonds is 60. The van der Waals surface area contributed by atoms with Crippen LogP contribution >= 0.6 is 0 Å². The Balaban J connectivity index is 1.41. The predicted octanol–water partition coefficient (Wildman–Crippen LogP) is 11.4. The molecule has 12 N–H and O–H groups in total. The summed E-state index contributed by atoms with van der Waals surface area (Å²) in [5.41, 5.74) is 0. The topological polar surface area (TPSA) is 307 Å². The fraction of sp³-hybridized carbons (Fsp3) is 0.932. The third-order valence-corrected chi connectivity index (χ3v) is 19.3. The summed E-state index contributed by atoms with van der Waals surface area (Å²) in [6, 6.07) is -0.987. The second kappa shape index (κ2) is 56.1. The van der Waals surface area contributed by atoms with Gasteiger partial charge in [0.2, 0.25) is 5.91 Å². The van der Waals surface area contributed by atoms with Crippen LogP contribution in [0.15, 0.2) is 24.3 Å². The quantitative estimate of drug-likeness (QED) is 0.0199. The van der Waals surface area contributed by atoms with E-state index < -0.39 is 124 Å². The third kappa shape index (κ3) is 37.3. The lowest BCUT2D eigenvalue weighted by molar-refractivity contribution is -0.379. The van der Waals surface area contributed by atoms with Crippen LogP contribution in [-0.2, 0) is 33.2 Å². The minimum atomic E-state index is -1.98. The second-order valence-electron chi connectivity index (χ2n) is 27.5. The Kier molecular flexibility index (Phi) is 51.5. The van der Waals surface area contributed by atoms with Crippen molar-refractivity contribution < 1.29 is 89.4 Å². The Bertz CT molecular complexity index is 1780. The maximum absolute atomic E-state index is 13.4. The molecule has 3 rings (SSSR count). The summed E-state index contributed by atoms with van der Waals surface area (Å²) in [6.07, 6.45) is 38.8. The van der Waals surface area contributed by atoms with Gasteiger partial charge < -0.3 is 89.9 Å². The molecule has 1 amide bonds. The Labute approximate surface area is 562 Å². The van der Waals surface area contributed by atoms with Crippen molar-refractivity contribution in [1.29, 1.82) is 0 Å². The van der Waals surface area contributed by atoms with E-state index in [1.165, 1.54) is 238 Å². The number of unbranched alkanes of at least 4 members (excludes halogenated alkanes) is 42. The molecule has 0 radical (unpaired) electrons. The van der Waals surface area contributed by atoms with Gasteiger partial charge in [-0.3, -0.25) is 4.79 Å². The first-order valence-corrected chi connectivity index (χ1v) is 38.1. The molecule has 0 spiro atoms. The zero-order chi connectivity index (χ0) is 67.5. The summed E-state index contributed by atoms with van der Waals surface area (Å²) in [4.78, 5) is 13.4. The van der Waals surface area contributed by atoms with Crippen LogP contribution in [0.4, 0.5) is 0 Å². The van der Waals surface area contributed by atoms with Gasteiger partial charge in [-0.05, 0) is 32.1 Å². The van der Waals surface area contributed by atoms with E-state index in [1.54, 1.807) is 6.08 Å². The second-order valence-corrected chi connectivity index (χ2v) is 27.5.